The topological polar surface area (TPSA) is 59.1 Å². The number of pyridine rings is 1. The van der Waals surface area contributed by atoms with Gasteiger partial charge in [0, 0.05) is 6.20 Å². The van der Waals surface area contributed by atoms with Crippen LogP contribution in [0, 0.1) is 0 Å². The van der Waals surface area contributed by atoms with Crippen molar-refractivity contribution in [3.8, 4) is 0 Å². The minimum absolute atomic E-state index is 0.272. The third-order valence-electron chi connectivity index (χ3n) is 1.63. The van der Waals surface area contributed by atoms with E-state index < -0.39 is 10.0 Å². The fraction of sp³-hybridized carbons (Fsp3) is 0.375. The molecule has 78 valence electrons. The lowest BCUT2D eigenvalue weighted by molar-refractivity contribution is 0.606. The van der Waals surface area contributed by atoms with E-state index in [1.807, 2.05) is 6.92 Å². The van der Waals surface area contributed by atoms with Crippen LogP contribution in [0.3, 0.4) is 0 Å². The molecular weight excluding hydrogens is 224 g/mol. The number of anilines is 1. The summed E-state index contributed by atoms with van der Waals surface area (Å²) < 4.78 is 24.4. The molecule has 1 N–H and O–H groups in total. The van der Waals surface area contributed by atoms with Gasteiger partial charge in [-0.3, -0.25) is 4.72 Å². The lowest BCUT2D eigenvalue weighted by Crippen LogP contribution is -2.11. The van der Waals surface area contributed by atoms with E-state index in [1.54, 1.807) is 6.20 Å². The fourth-order valence-electron chi connectivity index (χ4n) is 1.03. The largest absolute Gasteiger partial charge is 0.283 e. The summed E-state index contributed by atoms with van der Waals surface area (Å²) in [6, 6.07) is 1.50. The zero-order chi connectivity index (χ0) is 10.8. The van der Waals surface area contributed by atoms with E-state index in [4.69, 9.17) is 11.6 Å². The molecular formula is C8H11ClN2O2S. The lowest BCUT2D eigenvalue weighted by atomic mass is 10.2. The molecule has 4 nitrogen and oxygen atoms in total. The van der Waals surface area contributed by atoms with Gasteiger partial charge in [-0.15, -0.1) is 0 Å². The number of hydrogen-bond acceptors (Lipinski definition) is 3. The van der Waals surface area contributed by atoms with Gasteiger partial charge in [-0.05, 0) is 18.1 Å². The van der Waals surface area contributed by atoms with Crippen LogP contribution >= 0.6 is 11.6 Å². The summed E-state index contributed by atoms with van der Waals surface area (Å²) in [6.45, 7) is 1.92. The van der Waals surface area contributed by atoms with Gasteiger partial charge in [0.25, 0.3) is 0 Å². The molecule has 1 rings (SSSR count). The van der Waals surface area contributed by atoms with Crippen molar-refractivity contribution < 1.29 is 8.42 Å². The predicted octanol–water partition coefficient (Wildman–Crippen LogP) is 1.67. The molecule has 0 saturated heterocycles. The second-order valence-electron chi connectivity index (χ2n) is 2.89. The highest BCUT2D eigenvalue weighted by Crippen LogP contribution is 2.19. The normalized spacial score (nSPS) is 11.4. The van der Waals surface area contributed by atoms with Gasteiger partial charge in [0.15, 0.2) is 0 Å². The highest BCUT2D eigenvalue weighted by molar-refractivity contribution is 7.92. The summed E-state index contributed by atoms with van der Waals surface area (Å²) in [4.78, 5) is 3.87. The first-order chi connectivity index (χ1) is 6.42. The number of hydrogen-bond donors (Lipinski definition) is 1. The molecule has 0 aliphatic heterocycles. The maximum atomic E-state index is 11.0. The zero-order valence-corrected chi connectivity index (χ0v) is 9.48. The second-order valence-corrected chi connectivity index (χ2v) is 5.03. The molecule has 0 spiro atoms. The Morgan fingerprint density at radius 3 is 2.71 bits per heavy atom. The van der Waals surface area contributed by atoms with E-state index in [2.05, 4.69) is 9.71 Å². The molecule has 0 amide bonds. The molecule has 1 aromatic rings. The average molecular weight is 235 g/mol. The number of halogens is 1. The van der Waals surface area contributed by atoms with Crippen molar-refractivity contribution in [2.75, 3.05) is 11.0 Å². The first kappa shape index (κ1) is 11.3. The molecule has 0 bridgehead atoms. The van der Waals surface area contributed by atoms with Crippen molar-refractivity contribution in [2.24, 2.45) is 0 Å². The maximum absolute atomic E-state index is 11.0. The molecule has 1 heterocycles. The fourth-order valence-corrected chi connectivity index (χ4v) is 1.78. The molecule has 0 aromatic carbocycles. The van der Waals surface area contributed by atoms with Crippen LogP contribution in [0.5, 0.6) is 0 Å². The van der Waals surface area contributed by atoms with E-state index >= 15 is 0 Å². The van der Waals surface area contributed by atoms with Crippen LogP contribution < -0.4 is 4.72 Å². The van der Waals surface area contributed by atoms with Crippen LogP contribution in [0.1, 0.15) is 12.5 Å². The number of aromatic nitrogens is 1. The van der Waals surface area contributed by atoms with Gasteiger partial charge < -0.3 is 0 Å². The minimum atomic E-state index is -3.26. The van der Waals surface area contributed by atoms with Gasteiger partial charge in [-0.2, -0.15) is 0 Å². The van der Waals surface area contributed by atoms with E-state index in [0.717, 1.165) is 11.8 Å². The van der Waals surface area contributed by atoms with Gasteiger partial charge in [0.1, 0.15) is 5.15 Å². The van der Waals surface area contributed by atoms with E-state index in [0.29, 0.717) is 12.1 Å². The molecule has 6 heteroatoms. The molecule has 0 unspecified atom stereocenters. The molecule has 0 aliphatic rings. The monoisotopic (exact) mass is 234 g/mol. The summed E-state index contributed by atoms with van der Waals surface area (Å²) >= 11 is 5.66. The van der Waals surface area contributed by atoms with Crippen molar-refractivity contribution in [3.63, 3.8) is 0 Å². The van der Waals surface area contributed by atoms with Crippen LogP contribution in [0.2, 0.25) is 5.15 Å². The lowest BCUT2D eigenvalue weighted by Gasteiger charge is -2.08. The predicted molar refractivity (Wildman–Crippen MR) is 57.1 cm³/mol. The standard InChI is InChI=1S/C8H11ClN2O2S/c1-3-6-5-10-8(9)4-7(6)11-14(2,12)13/h4-5H,3H2,1-2H3,(H,10,11). The van der Waals surface area contributed by atoms with Gasteiger partial charge in [-0.1, -0.05) is 18.5 Å². The molecule has 0 aliphatic carbocycles. The molecule has 1 aromatic heterocycles. The van der Waals surface area contributed by atoms with E-state index in [1.165, 1.54) is 6.07 Å². The molecule has 0 fully saturated rings. The van der Waals surface area contributed by atoms with Gasteiger partial charge in [0.05, 0.1) is 11.9 Å². The maximum Gasteiger partial charge on any atom is 0.229 e. The average Bonchev–Trinajstić information content (AvgIpc) is 2.01. The molecule has 0 atom stereocenters. The summed E-state index contributed by atoms with van der Waals surface area (Å²) in [7, 11) is -3.26. The number of sulfonamides is 1. The van der Waals surface area contributed by atoms with Gasteiger partial charge >= 0.3 is 0 Å². The summed E-state index contributed by atoms with van der Waals surface area (Å²) in [5.74, 6) is 0. The van der Waals surface area contributed by atoms with E-state index in [9.17, 15) is 8.42 Å². The number of nitrogens with one attached hydrogen (secondary N) is 1. The Labute approximate surface area is 88.4 Å². The number of aryl methyl sites for hydroxylation is 1. The van der Waals surface area contributed by atoms with Crippen molar-refractivity contribution >= 4 is 27.3 Å². The first-order valence-corrected chi connectivity index (χ1v) is 6.31. The SMILES string of the molecule is CCc1cnc(Cl)cc1NS(C)(=O)=O. The Morgan fingerprint density at radius 2 is 2.21 bits per heavy atom. The van der Waals surface area contributed by atoms with Crippen LogP contribution in [-0.2, 0) is 16.4 Å². The van der Waals surface area contributed by atoms with Crippen molar-refractivity contribution in [2.45, 2.75) is 13.3 Å². The molecule has 0 saturated carbocycles. The Morgan fingerprint density at radius 1 is 1.57 bits per heavy atom. The second kappa shape index (κ2) is 4.14. The Balaban J connectivity index is 3.11. The number of rotatable bonds is 3. The van der Waals surface area contributed by atoms with Crippen LogP contribution in [0.4, 0.5) is 5.69 Å². The molecule has 0 radical (unpaired) electrons. The summed E-state index contributed by atoms with van der Waals surface area (Å²) in [5.41, 5.74) is 1.31. The van der Waals surface area contributed by atoms with Crippen molar-refractivity contribution in [1.29, 1.82) is 0 Å². The Bertz CT molecular complexity index is 431. The van der Waals surface area contributed by atoms with E-state index in [-0.39, 0.29) is 5.15 Å². The summed E-state index contributed by atoms with van der Waals surface area (Å²) in [5, 5.41) is 0.272. The Hall–Kier alpha value is -0.810. The van der Waals surface area contributed by atoms with Crippen molar-refractivity contribution in [3.05, 3.63) is 23.0 Å². The summed E-state index contributed by atoms with van der Waals surface area (Å²) in [6.07, 6.45) is 3.36. The van der Waals surface area contributed by atoms with Crippen LogP contribution in [-0.4, -0.2) is 19.7 Å². The minimum Gasteiger partial charge on any atom is -0.283 e. The van der Waals surface area contributed by atoms with Crippen LogP contribution in [0.25, 0.3) is 0 Å². The first-order valence-electron chi connectivity index (χ1n) is 4.04. The highest BCUT2D eigenvalue weighted by Gasteiger charge is 2.07. The molecule has 14 heavy (non-hydrogen) atoms. The third-order valence-corrected chi connectivity index (χ3v) is 2.43. The van der Waals surface area contributed by atoms with Gasteiger partial charge in [0.2, 0.25) is 10.0 Å². The third kappa shape index (κ3) is 3.16. The zero-order valence-electron chi connectivity index (χ0n) is 7.91. The van der Waals surface area contributed by atoms with Crippen molar-refractivity contribution in [1.82, 2.24) is 4.98 Å². The Kier molecular flexibility index (Phi) is 3.34. The number of nitrogens with zero attached hydrogens (tertiary/aromatic N) is 1. The highest BCUT2D eigenvalue weighted by atomic mass is 35.5. The quantitative estimate of drug-likeness (QED) is 0.810. The smallest absolute Gasteiger partial charge is 0.229 e. The van der Waals surface area contributed by atoms with Gasteiger partial charge in [-0.25, -0.2) is 13.4 Å². The van der Waals surface area contributed by atoms with Crippen LogP contribution in [0.15, 0.2) is 12.3 Å².